The van der Waals surface area contributed by atoms with Gasteiger partial charge in [-0.05, 0) is 77.8 Å². The smallest absolute Gasteiger partial charge is 0.336 e. The number of carboxylic acid groups (broad SMARTS) is 1. The minimum atomic E-state index is -1.10. The van der Waals surface area contributed by atoms with E-state index in [0.717, 1.165) is 48.2 Å². The number of benzene rings is 3. The highest BCUT2D eigenvalue weighted by molar-refractivity contribution is 6.03. The number of carbonyl (C=O) groups is 2. The van der Waals surface area contributed by atoms with Gasteiger partial charge in [0.05, 0.1) is 18.2 Å². The summed E-state index contributed by atoms with van der Waals surface area (Å²) in [5, 5.41) is 20.9. The number of rotatable bonds is 9. The zero-order valence-corrected chi connectivity index (χ0v) is 22.5. The highest BCUT2D eigenvalue weighted by atomic mass is 16.5. The van der Waals surface area contributed by atoms with Crippen molar-refractivity contribution in [3.8, 4) is 16.9 Å². The van der Waals surface area contributed by atoms with Gasteiger partial charge in [-0.2, -0.15) is 0 Å². The van der Waals surface area contributed by atoms with Gasteiger partial charge in [0, 0.05) is 44.1 Å². The predicted octanol–water partition coefficient (Wildman–Crippen LogP) is 4.06. The summed E-state index contributed by atoms with van der Waals surface area (Å²) in [6, 6.07) is 16.5. The topological polar surface area (TPSA) is 138 Å². The molecule has 0 bridgehead atoms. The molecule has 0 radical (unpaired) electrons. The average Bonchev–Trinajstić information content (AvgIpc) is 3.37. The Labute approximate surface area is 233 Å². The molecular formula is C31H34N4O5. The van der Waals surface area contributed by atoms with Crippen molar-refractivity contribution in [3.63, 3.8) is 0 Å². The van der Waals surface area contributed by atoms with E-state index < -0.39 is 5.97 Å². The van der Waals surface area contributed by atoms with Crippen LogP contribution in [0.25, 0.3) is 11.1 Å². The molecule has 0 spiro atoms. The SMILES string of the molecule is COc1cc(C(=O)O)c(-c2ccccc2CN2CCc3cc(C(=N)N)ccc32)cc1C(=O)NCC1CCOCC1. The molecule has 1 fully saturated rings. The first-order valence-corrected chi connectivity index (χ1v) is 13.5. The Morgan fingerprint density at radius 3 is 2.60 bits per heavy atom. The van der Waals surface area contributed by atoms with Crippen LogP contribution in [0.1, 0.15) is 50.2 Å². The maximum atomic E-state index is 13.3. The summed E-state index contributed by atoms with van der Waals surface area (Å²) < 4.78 is 10.9. The number of nitrogens with two attached hydrogens (primary N) is 1. The van der Waals surface area contributed by atoms with Crippen LogP contribution in [0, 0.1) is 11.3 Å². The van der Waals surface area contributed by atoms with Crippen LogP contribution in [0.5, 0.6) is 5.75 Å². The second kappa shape index (κ2) is 11.8. The molecule has 2 aliphatic heterocycles. The summed E-state index contributed by atoms with van der Waals surface area (Å²) in [6.45, 7) is 3.25. The maximum Gasteiger partial charge on any atom is 0.336 e. The van der Waals surface area contributed by atoms with Crippen LogP contribution in [0.2, 0.25) is 0 Å². The van der Waals surface area contributed by atoms with E-state index >= 15 is 0 Å². The number of hydrogen-bond acceptors (Lipinski definition) is 6. The number of fused-ring (bicyclic) bond motifs is 1. The van der Waals surface area contributed by atoms with Gasteiger partial charge in [0.15, 0.2) is 0 Å². The number of ether oxygens (including phenoxy) is 2. The number of carbonyl (C=O) groups excluding carboxylic acids is 1. The molecule has 5 N–H and O–H groups in total. The van der Waals surface area contributed by atoms with Gasteiger partial charge in [0.1, 0.15) is 11.6 Å². The quantitative estimate of drug-likeness (QED) is 0.236. The Hall–Kier alpha value is -4.37. The standard InChI is InChI=1S/C31H34N4O5/c1-39-28-16-25(31(37)38)24(15-26(28)30(36)34-17-19-9-12-40-13-10-19)23-5-3-2-4-22(23)18-35-11-8-20-14-21(29(32)33)6-7-27(20)35/h2-7,14-16,19H,8-13,17-18H2,1H3,(H3,32,33)(H,34,36)(H,37,38). The number of methoxy groups -OCH3 is 1. The molecule has 0 atom stereocenters. The van der Waals surface area contributed by atoms with Crippen molar-refractivity contribution in [1.29, 1.82) is 5.41 Å². The number of hydrogen-bond donors (Lipinski definition) is 4. The molecule has 0 saturated carbocycles. The molecule has 208 valence electrons. The van der Waals surface area contributed by atoms with Crippen LogP contribution in [0.15, 0.2) is 54.6 Å². The fraction of sp³-hybridized carbons (Fsp3) is 0.323. The summed E-state index contributed by atoms with van der Waals surface area (Å²) >= 11 is 0. The molecular weight excluding hydrogens is 508 g/mol. The van der Waals surface area contributed by atoms with Gasteiger partial charge in [-0.1, -0.05) is 24.3 Å². The van der Waals surface area contributed by atoms with Crippen LogP contribution in [0.3, 0.4) is 0 Å². The predicted molar refractivity (Wildman–Crippen MR) is 153 cm³/mol. The van der Waals surface area contributed by atoms with Crippen LogP contribution < -0.4 is 20.7 Å². The van der Waals surface area contributed by atoms with Crippen molar-refractivity contribution in [3.05, 3.63) is 82.4 Å². The lowest BCUT2D eigenvalue weighted by Gasteiger charge is -2.23. The third-order valence-electron chi connectivity index (χ3n) is 7.76. The molecule has 2 heterocycles. The lowest BCUT2D eigenvalue weighted by molar-refractivity contribution is 0.0642. The van der Waals surface area contributed by atoms with Gasteiger partial charge in [0.25, 0.3) is 5.91 Å². The monoisotopic (exact) mass is 542 g/mol. The number of nitrogens with zero attached hydrogens (tertiary/aromatic N) is 1. The summed E-state index contributed by atoms with van der Waals surface area (Å²) in [7, 11) is 1.44. The Kier molecular flexibility index (Phi) is 8.02. The first-order chi connectivity index (χ1) is 19.4. The van der Waals surface area contributed by atoms with Crippen molar-refractivity contribution in [2.24, 2.45) is 11.7 Å². The van der Waals surface area contributed by atoms with E-state index in [1.807, 2.05) is 42.5 Å². The molecule has 0 unspecified atom stereocenters. The zero-order valence-electron chi connectivity index (χ0n) is 22.5. The van der Waals surface area contributed by atoms with Gasteiger partial charge >= 0.3 is 5.97 Å². The molecule has 3 aromatic rings. The Balaban J connectivity index is 1.47. The van der Waals surface area contributed by atoms with E-state index in [1.54, 1.807) is 6.07 Å². The molecule has 2 aliphatic rings. The summed E-state index contributed by atoms with van der Waals surface area (Å²) in [5.41, 5.74) is 11.1. The largest absolute Gasteiger partial charge is 0.496 e. The summed E-state index contributed by atoms with van der Waals surface area (Å²) in [4.78, 5) is 27.9. The van der Waals surface area contributed by atoms with E-state index in [0.29, 0.717) is 48.9 Å². The fourth-order valence-corrected chi connectivity index (χ4v) is 5.54. The van der Waals surface area contributed by atoms with Gasteiger partial charge in [-0.3, -0.25) is 10.2 Å². The third-order valence-corrected chi connectivity index (χ3v) is 7.76. The Morgan fingerprint density at radius 1 is 1.10 bits per heavy atom. The number of amidine groups is 1. The average molecular weight is 543 g/mol. The molecule has 9 nitrogen and oxygen atoms in total. The Morgan fingerprint density at radius 2 is 1.88 bits per heavy atom. The second-order valence-electron chi connectivity index (χ2n) is 10.3. The first kappa shape index (κ1) is 27.2. The molecule has 0 aromatic heterocycles. The molecule has 3 aromatic carbocycles. The van der Waals surface area contributed by atoms with Crippen LogP contribution in [0.4, 0.5) is 5.69 Å². The van der Waals surface area contributed by atoms with Crippen LogP contribution in [-0.4, -0.2) is 56.2 Å². The number of nitrogen functional groups attached to an aromatic ring is 1. The normalized spacial score (nSPS) is 15.0. The second-order valence-corrected chi connectivity index (χ2v) is 10.3. The number of aromatic carboxylic acids is 1. The Bertz CT molecular complexity index is 1450. The molecule has 1 saturated heterocycles. The maximum absolute atomic E-state index is 13.3. The zero-order chi connectivity index (χ0) is 28.2. The van der Waals surface area contributed by atoms with Gasteiger partial charge < -0.3 is 30.5 Å². The van der Waals surface area contributed by atoms with E-state index in [4.69, 9.17) is 20.6 Å². The highest BCUT2D eigenvalue weighted by Gasteiger charge is 2.25. The van der Waals surface area contributed by atoms with Crippen molar-refractivity contribution < 1.29 is 24.2 Å². The lowest BCUT2D eigenvalue weighted by Crippen LogP contribution is -2.32. The molecule has 1 amide bonds. The number of nitrogens with one attached hydrogen (secondary N) is 2. The van der Waals surface area contributed by atoms with Crippen molar-refractivity contribution >= 4 is 23.4 Å². The lowest BCUT2D eigenvalue weighted by atomic mass is 9.92. The minimum Gasteiger partial charge on any atom is -0.496 e. The fourth-order valence-electron chi connectivity index (χ4n) is 5.54. The minimum absolute atomic E-state index is 0.0416. The van der Waals surface area contributed by atoms with E-state index in [1.165, 1.54) is 13.2 Å². The van der Waals surface area contributed by atoms with Crippen molar-refractivity contribution in [1.82, 2.24) is 5.32 Å². The van der Waals surface area contributed by atoms with Gasteiger partial charge in [-0.15, -0.1) is 0 Å². The van der Waals surface area contributed by atoms with Crippen molar-refractivity contribution in [2.45, 2.75) is 25.8 Å². The number of anilines is 1. The van der Waals surface area contributed by atoms with Crippen LogP contribution >= 0.6 is 0 Å². The summed E-state index contributed by atoms with van der Waals surface area (Å²) in [5.74, 6) is -0.788. The van der Waals surface area contributed by atoms with Gasteiger partial charge in [0.2, 0.25) is 0 Å². The first-order valence-electron chi connectivity index (χ1n) is 13.5. The molecule has 40 heavy (non-hydrogen) atoms. The van der Waals surface area contributed by atoms with E-state index in [-0.39, 0.29) is 23.1 Å². The number of carboxylic acids is 1. The van der Waals surface area contributed by atoms with Gasteiger partial charge in [-0.25, -0.2) is 4.79 Å². The molecule has 9 heteroatoms. The molecule has 0 aliphatic carbocycles. The van der Waals surface area contributed by atoms with Crippen molar-refractivity contribution in [2.75, 3.05) is 38.3 Å². The van der Waals surface area contributed by atoms with E-state index in [2.05, 4.69) is 10.2 Å². The van der Waals surface area contributed by atoms with E-state index in [9.17, 15) is 14.7 Å². The summed E-state index contributed by atoms with van der Waals surface area (Å²) in [6.07, 6.45) is 2.62. The molecule has 5 rings (SSSR count). The van der Waals surface area contributed by atoms with Crippen LogP contribution in [-0.2, 0) is 17.7 Å². The third kappa shape index (κ3) is 5.65. The number of amides is 1. The highest BCUT2D eigenvalue weighted by Crippen LogP contribution is 2.36.